The zero-order valence-electron chi connectivity index (χ0n) is 7.72. The third-order valence-corrected chi connectivity index (χ3v) is 1.84. The Bertz CT molecular complexity index is 449. The van der Waals surface area contributed by atoms with Crippen LogP contribution in [0.5, 0.6) is 0 Å². The molecule has 1 rings (SSSR count). The van der Waals surface area contributed by atoms with Gasteiger partial charge in [-0.15, -0.1) is 0 Å². The summed E-state index contributed by atoms with van der Waals surface area (Å²) in [6.07, 6.45) is -2.98. The van der Waals surface area contributed by atoms with Crippen molar-refractivity contribution in [1.82, 2.24) is 0 Å². The lowest BCUT2D eigenvalue weighted by molar-refractivity contribution is 0.0994. The molecule has 0 fully saturated rings. The number of carbonyl (C=O) groups excluding carboxylic acids is 1. The smallest absolute Gasteiger partial charge is 0.264 e. The monoisotopic (exact) mass is 213 g/mol. The molecule has 0 aromatic heterocycles. The first-order valence-electron chi connectivity index (χ1n) is 4.00. The van der Waals surface area contributed by atoms with Crippen molar-refractivity contribution >= 4 is 5.78 Å². The molecule has 0 saturated carbocycles. The minimum absolute atomic E-state index is 0.229. The molecule has 0 spiro atoms. The Morgan fingerprint density at radius 1 is 1.47 bits per heavy atom. The highest BCUT2D eigenvalue weighted by Gasteiger charge is 2.21. The summed E-state index contributed by atoms with van der Waals surface area (Å²) in [4.78, 5) is 10.9. The van der Waals surface area contributed by atoms with Gasteiger partial charge in [0.2, 0.25) is 0 Å². The van der Waals surface area contributed by atoms with Gasteiger partial charge in [-0.3, -0.25) is 4.79 Å². The van der Waals surface area contributed by atoms with Gasteiger partial charge in [0.05, 0.1) is 17.2 Å². The third-order valence-electron chi connectivity index (χ3n) is 1.84. The van der Waals surface area contributed by atoms with Gasteiger partial charge in [0.25, 0.3) is 6.43 Å². The van der Waals surface area contributed by atoms with Gasteiger partial charge in [-0.1, -0.05) is 0 Å². The molecular weight excluding hydrogens is 207 g/mol. The van der Waals surface area contributed by atoms with E-state index in [-0.39, 0.29) is 5.56 Å². The van der Waals surface area contributed by atoms with Crippen molar-refractivity contribution in [3.05, 3.63) is 34.6 Å². The van der Waals surface area contributed by atoms with Crippen molar-refractivity contribution in [3.8, 4) is 6.07 Å². The zero-order valence-corrected chi connectivity index (χ0v) is 7.72. The van der Waals surface area contributed by atoms with Crippen LogP contribution in [0, 0.1) is 17.1 Å². The predicted molar refractivity (Wildman–Crippen MR) is 46.1 cm³/mol. The van der Waals surface area contributed by atoms with Crippen LogP contribution < -0.4 is 0 Å². The van der Waals surface area contributed by atoms with Crippen LogP contribution in [0.25, 0.3) is 0 Å². The van der Waals surface area contributed by atoms with Crippen molar-refractivity contribution in [2.75, 3.05) is 0 Å². The Hall–Kier alpha value is -1.83. The highest BCUT2D eigenvalue weighted by atomic mass is 19.3. The van der Waals surface area contributed by atoms with Gasteiger partial charge in [0.15, 0.2) is 5.78 Å². The number of benzene rings is 1. The van der Waals surface area contributed by atoms with Crippen LogP contribution in [-0.2, 0) is 0 Å². The molecule has 0 radical (unpaired) electrons. The van der Waals surface area contributed by atoms with Crippen LogP contribution in [0.1, 0.15) is 34.8 Å². The number of ketones is 1. The molecule has 0 N–H and O–H groups in total. The van der Waals surface area contributed by atoms with E-state index in [9.17, 15) is 18.0 Å². The number of Topliss-reactive ketones (excluding diaryl/α,β-unsaturated/α-hetero) is 1. The van der Waals surface area contributed by atoms with Gasteiger partial charge >= 0.3 is 0 Å². The second-order valence-electron chi connectivity index (χ2n) is 2.89. The third kappa shape index (κ3) is 2.15. The second-order valence-corrected chi connectivity index (χ2v) is 2.89. The van der Waals surface area contributed by atoms with Crippen molar-refractivity contribution in [2.24, 2.45) is 0 Å². The fourth-order valence-corrected chi connectivity index (χ4v) is 1.24. The molecule has 0 atom stereocenters. The maximum Gasteiger partial charge on any atom is 0.264 e. The summed E-state index contributed by atoms with van der Waals surface area (Å²) in [5.74, 6) is -1.87. The number of nitrogens with zero attached hydrogens (tertiary/aromatic N) is 1. The van der Waals surface area contributed by atoms with E-state index < -0.39 is 29.2 Å². The van der Waals surface area contributed by atoms with Crippen molar-refractivity contribution < 1.29 is 18.0 Å². The number of hydrogen-bond donors (Lipinski definition) is 0. The summed E-state index contributed by atoms with van der Waals surface area (Å²) in [5.41, 5.74) is -1.61. The van der Waals surface area contributed by atoms with E-state index in [2.05, 4.69) is 0 Å². The Balaban J connectivity index is 3.51. The first-order chi connectivity index (χ1) is 6.97. The molecule has 1 aromatic rings. The second kappa shape index (κ2) is 4.13. The van der Waals surface area contributed by atoms with Gasteiger partial charge in [-0.2, -0.15) is 5.26 Å². The number of halogens is 3. The van der Waals surface area contributed by atoms with Crippen LogP contribution >= 0.6 is 0 Å². The molecule has 0 saturated heterocycles. The molecule has 0 aliphatic carbocycles. The minimum atomic E-state index is -2.98. The summed E-state index contributed by atoms with van der Waals surface area (Å²) in [5, 5.41) is 8.45. The largest absolute Gasteiger partial charge is 0.294 e. The number of alkyl halides is 2. The minimum Gasteiger partial charge on any atom is -0.294 e. The lowest BCUT2D eigenvalue weighted by atomic mass is 10.0. The molecule has 0 heterocycles. The number of carbonyl (C=O) groups is 1. The van der Waals surface area contributed by atoms with Crippen molar-refractivity contribution in [1.29, 1.82) is 5.26 Å². The molecule has 0 amide bonds. The van der Waals surface area contributed by atoms with E-state index in [1.54, 1.807) is 6.07 Å². The van der Waals surface area contributed by atoms with Crippen LogP contribution in [0.4, 0.5) is 13.2 Å². The molecule has 0 unspecified atom stereocenters. The molecule has 78 valence electrons. The number of nitriles is 1. The molecule has 15 heavy (non-hydrogen) atoms. The summed E-state index contributed by atoms with van der Waals surface area (Å²) in [7, 11) is 0. The van der Waals surface area contributed by atoms with Gasteiger partial charge in [-0.05, 0) is 19.1 Å². The topological polar surface area (TPSA) is 40.9 Å². The van der Waals surface area contributed by atoms with E-state index >= 15 is 0 Å². The van der Waals surface area contributed by atoms with Gasteiger partial charge in [0, 0.05) is 5.56 Å². The molecule has 0 aliphatic rings. The fraction of sp³-hybridized carbons (Fsp3) is 0.200. The molecule has 5 heteroatoms. The average Bonchev–Trinajstić information content (AvgIpc) is 2.15. The number of hydrogen-bond acceptors (Lipinski definition) is 2. The van der Waals surface area contributed by atoms with Crippen LogP contribution in [-0.4, -0.2) is 5.78 Å². The summed E-state index contributed by atoms with van der Waals surface area (Å²) < 4.78 is 38.1. The molecule has 1 aromatic carbocycles. The predicted octanol–water partition coefficient (Wildman–Crippen LogP) is 2.84. The lowest BCUT2D eigenvalue weighted by Crippen LogP contribution is -2.05. The van der Waals surface area contributed by atoms with E-state index in [4.69, 9.17) is 5.26 Å². The molecular formula is C10H6F3NO. The quantitative estimate of drug-likeness (QED) is 0.708. The maximum atomic E-state index is 13.2. The Morgan fingerprint density at radius 2 is 2.07 bits per heavy atom. The van der Waals surface area contributed by atoms with E-state index in [1.807, 2.05) is 0 Å². The Morgan fingerprint density at radius 3 is 2.47 bits per heavy atom. The van der Waals surface area contributed by atoms with Gasteiger partial charge in [0.1, 0.15) is 5.82 Å². The number of rotatable bonds is 2. The van der Waals surface area contributed by atoms with Gasteiger partial charge in [-0.25, -0.2) is 13.2 Å². The van der Waals surface area contributed by atoms with Crippen molar-refractivity contribution in [2.45, 2.75) is 13.3 Å². The average molecular weight is 213 g/mol. The highest BCUT2D eigenvalue weighted by molar-refractivity contribution is 5.96. The molecule has 0 bridgehead atoms. The van der Waals surface area contributed by atoms with Crippen molar-refractivity contribution in [3.63, 3.8) is 0 Å². The Kier molecular flexibility index (Phi) is 3.10. The maximum absolute atomic E-state index is 13.2. The SMILES string of the molecule is CC(=O)c1c(F)cc(C#N)cc1C(F)F. The lowest BCUT2D eigenvalue weighted by Gasteiger charge is -2.07. The molecule has 0 aliphatic heterocycles. The summed E-state index contributed by atoms with van der Waals surface area (Å²) >= 11 is 0. The molecule has 2 nitrogen and oxygen atoms in total. The van der Waals surface area contributed by atoms with E-state index in [0.717, 1.165) is 19.1 Å². The zero-order chi connectivity index (χ0) is 11.6. The van der Waals surface area contributed by atoms with Crippen LogP contribution in [0.2, 0.25) is 0 Å². The normalized spacial score (nSPS) is 10.1. The van der Waals surface area contributed by atoms with Crippen LogP contribution in [0.3, 0.4) is 0 Å². The standard InChI is InChI=1S/C10H6F3NO/c1-5(15)9-7(10(12)13)2-6(4-14)3-8(9)11/h2-3,10H,1H3. The summed E-state index contributed by atoms with van der Waals surface area (Å²) in [6, 6.07) is 3.13. The van der Waals surface area contributed by atoms with E-state index in [0.29, 0.717) is 0 Å². The summed E-state index contributed by atoms with van der Waals surface area (Å²) in [6.45, 7) is 0.996. The fourth-order valence-electron chi connectivity index (χ4n) is 1.24. The Labute approximate surface area is 83.9 Å². The van der Waals surface area contributed by atoms with Crippen LogP contribution in [0.15, 0.2) is 12.1 Å². The van der Waals surface area contributed by atoms with Gasteiger partial charge < -0.3 is 0 Å². The first-order valence-corrected chi connectivity index (χ1v) is 4.00. The first kappa shape index (κ1) is 11.2. The highest BCUT2D eigenvalue weighted by Crippen LogP contribution is 2.26. The van der Waals surface area contributed by atoms with E-state index in [1.165, 1.54) is 0 Å².